The first-order chi connectivity index (χ1) is 11.3. The topological polar surface area (TPSA) is 73.1 Å². The van der Waals surface area contributed by atoms with Gasteiger partial charge in [-0.25, -0.2) is 0 Å². The lowest BCUT2D eigenvalue weighted by atomic mass is 10.1. The molecule has 0 aliphatic carbocycles. The molecule has 1 aliphatic heterocycles. The Kier molecular flexibility index (Phi) is 3.63. The average molecular weight is 326 g/mol. The van der Waals surface area contributed by atoms with Crippen molar-refractivity contribution in [3.05, 3.63) is 48.4 Å². The van der Waals surface area contributed by atoms with E-state index in [1.165, 1.54) is 11.8 Å². The Morgan fingerprint density at radius 3 is 2.91 bits per heavy atom. The van der Waals surface area contributed by atoms with E-state index < -0.39 is 6.23 Å². The minimum atomic E-state index is -0.469. The number of nitrogens with zero attached hydrogens (tertiary/aromatic N) is 3. The number of thioether (sulfide) groups is 1. The van der Waals surface area contributed by atoms with Gasteiger partial charge in [0.2, 0.25) is 17.3 Å². The quantitative estimate of drug-likeness (QED) is 0.735. The van der Waals surface area contributed by atoms with Crippen molar-refractivity contribution in [3.8, 4) is 17.1 Å². The molecule has 0 spiro atoms. The molecule has 3 aromatic rings. The fourth-order valence-corrected chi connectivity index (χ4v) is 2.91. The molecule has 0 radical (unpaired) electrons. The monoisotopic (exact) mass is 326 g/mol. The Labute approximate surface area is 137 Å². The molecule has 1 aromatic carbocycles. The molecule has 3 heterocycles. The summed E-state index contributed by atoms with van der Waals surface area (Å²) in [6.07, 6.45) is 1.15. The van der Waals surface area contributed by atoms with Gasteiger partial charge in [-0.15, -0.1) is 10.2 Å². The van der Waals surface area contributed by atoms with Gasteiger partial charge in [0, 0.05) is 11.3 Å². The van der Waals surface area contributed by atoms with Crippen LogP contribution in [0.25, 0.3) is 11.3 Å². The molecule has 0 saturated heterocycles. The van der Waals surface area contributed by atoms with Gasteiger partial charge in [0.25, 0.3) is 0 Å². The van der Waals surface area contributed by atoms with Gasteiger partial charge in [-0.3, -0.25) is 0 Å². The van der Waals surface area contributed by atoms with Crippen LogP contribution >= 0.6 is 11.8 Å². The van der Waals surface area contributed by atoms with Crippen LogP contribution in [-0.2, 0) is 0 Å². The van der Waals surface area contributed by atoms with Gasteiger partial charge in [-0.1, -0.05) is 36.9 Å². The second kappa shape index (κ2) is 5.92. The number of hydrogen-bond acceptors (Lipinski definition) is 7. The lowest BCUT2D eigenvalue weighted by Gasteiger charge is -2.16. The van der Waals surface area contributed by atoms with E-state index in [-0.39, 0.29) is 0 Å². The SMILES string of the molecule is CCSc1nnc2c(n1)O[C@@H](c1ccco1)Nc1ccccc1-2. The Morgan fingerprint density at radius 1 is 1.17 bits per heavy atom. The third kappa shape index (κ3) is 2.63. The summed E-state index contributed by atoms with van der Waals surface area (Å²) in [6.45, 7) is 2.04. The number of ether oxygens (including phenoxy) is 1. The van der Waals surface area contributed by atoms with Crippen molar-refractivity contribution in [2.45, 2.75) is 18.3 Å². The lowest BCUT2D eigenvalue weighted by molar-refractivity contribution is 0.195. The van der Waals surface area contributed by atoms with Crippen molar-refractivity contribution in [2.24, 2.45) is 0 Å². The molecule has 0 fully saturated rings. The third-order valence-corrected chi connectivity index (χ3v) is 4.13. The van der Waals surface area contributed by atoms with Crippen LogP contribution in [0.4, 0.5) is 5.69 Å². The molecule has 1 N–H and O–H groups in total. The van der Waals surface area contributed by atoms with E-state index in [9.17, 15) is 0 Å². The molecule has 6 nitrogen and oxygen atoms in total. The van der Waals surface area contributed by atoms with Gasteiger partial charge >= 0.3 is 0 Å². The van der Waals surface area contributed by atoms with Crippen LogP contribution in [0.1, 0.15) is 18.9 Å². The number of benzene rings is 1. The molecule has 0 saturated carbocycles. The summed E-state index contributed by atoms with van der Waals surface area (Å²) in [5, 5.41) is 12.4. The van der Waals surface area contributed by atoms with Gasteiger partial charge in [-0.05, 0) is 24.0 Å². The zero-order chi connectivity index (χ0) is 15.6. The van der Waals surface area contributed by atoms with Crippen molar-refractivity contribution in [2.75, 3.05) is 11.1 Å². The molecular weight excluding hydrogens is 312 g/mol. The summed E-state index contributed by atoms with van der Waals surface area (Å²) >= 11 is 1.53. The predicted molar refractivity (Wildman–Crippen MR) is 87.4 cm³/mol. The second-order valence-corrected chi connectivity index (χ2v) is 6.12. The van der Waals surface area contributed by atoms with Crippen molar-refractivity contribution < 1.29 is 9.15 Å². The molecule has 7 heteroatoms. The first-order valence-corrected chi connectivity index (χ1v) is 8.27. The highest BCUT2D eigenvalue weighted by Crippen LogP contribution is 2.39. The number of para-hydroxylation sites is 1. The van der Waals surface area contributed by atoms with E-state index in [1.807, 2.05) is 43.3 Å². The highest BCUT2D eigenvalue weighted by molar-refractivity contribution is 7.99. The number of fused-ring (bicyclic) bond motifs is 3. The molecule has 116 valence electrons. The maximum Gasteiger partial charge on any atom is 0.247 e. The van der Waals surface area contributed by atoms with Crippen LogP contribution in [0, 0.1) is 0 Å². The summed E-state index contributed by atoms with van der Waals surface area (Å²) in [4.78, 5) is 4.51. The normalized spacial score (nSPS) is 15.8. The molecule has 0 bridgehead atoms. The van der Waals surface area contributed by atoms with E-state index in [1.54, 1.807) is 6.26 Å². The largest absolute Gasteiger partial charge is 0.463 e. The first kappa shape index (κ1) is 14.1. The number of nitrogens with one attached hydrogen (secondary N) is 1. The summed E-state index contributed by atoms with van der Waals surface area (Å²) in [7, 11) is 0. The number of aromatic nitrogens is 3. The molecule has 2 aromatic heterocycles. The van der Waals surface area contributed by atoms with Gasteiger partial charge in [-0.2, -0.15) is 4.98 Å². The van der Waals surface area contributed by atoms with Crippen LogP contribution in [-0.4, -0.2) is 20.9 Å². The minimum Gasteiger partial charge on any atom is -0.463 e. The summed E-state index contributed by atoms with van der Waals surface area (Å²) in [6, 6.07) is 11.5. The van der Waals surface area contributed by atoms with Crippen molar-refractivity contribution in [3.63, 3.8) is 0 Å². The Morgan fingerprint density at radius 2 is 2.09 bits per heavy atom. The maximum absolute atomic E-state index is 6.04. The van der Waals surface area contributed by atoms with Gasteiger partial charge in [0.1, 0.15) is 0 Å². The number of rotatable bonds is 3. The van der Waals surface area contributed by atoms with Crippen molar-refractivity contribution in [1.82, 2.24) is 15.2 Å². The first-order valence-electron chi connectivity index (χ1n) is 7.28. The van der Waals surface area contributed by atoms with E-state index >= 15 is 0 Å². The zero-order valence-corrected chi connectivity index (χ0v) is 13.2. The summed E-state index contributed by atoms with van der Waals surface area (Å²) in [5.74, 6) is 2.00. The third-order valence-electron chi connectivity index (χ3n) is 3.41. The van der Waals surface area contributed by atoms with Crippen LogP contribution in [0.15, 0.2) is 52.2 Å². The highest BCUT2D eigenvalue weighted by atomic mass is 32.2. The fourth-order valence-electron chi connectivity index (χ4n) is 2.41. The Bertz CT molecular complexity index is 823. The second-order valence-electron chi connectivity index (χ2n) is 4.88. The molecule has 23 heavy (non-hydrogen) atoms. The maximum atomic E-state index is 6.04. The Balaban J connectivity index is 1.84. The average Bonchev–Trinajstić information content (AvgIpc) is 3.05. The predicted octanol–water partition coefficient (Wildman–Crippen LogP) is 3.75. The highest BCUT2D eigenvalue weighted by Gasteiger charge is 2.27. The van der Waals surface area contributed by atoms with E-state index in [0.717, 1.165) is 17.0 Å². The van der Waals surface area contributed by atoms with Crippen molar-refractivity contribution in [1.29, 1.82) is 0 Å². The number of hydrogen-bond donors (Lipinski definition) is 1. The molecular formula is C16H14N4O2S. The smallest absolute Gasteiger partial charge is 0.247 e. The van der Waals surface area contributed by atoms with Gasteiger partial charge in [0.15, 0.2) is 11.5 Å². The van der Waals surface area contributed by atoms with Crippen LogP contribution < -0.4 is 10.1 Å². The summed E-state index contributed by atoms with van der Waals surface area (Å²) in [5.41, 5.74) is 2.44. The Hall–Kier alpha value is -2.54. The molecule has 4 rings (SSSR count). The van der Waals surface area contributed by atoms with E-state index in [2.05, 4.69) is 20.5 Å². The number of furan rings is 1. The zero-order valence-electron chi connectivity index (χ0n) is 12.4. The molecule has 0 unspecified atom stereocenters. The van der Waals surface area contributed by atoms with Gasteiger partial charge in [0.05, 0.1) is 6.26 Å². The van der Waals surface area contributed by atoms with E-state index in [4.69, 9.17) is 9.15 Å². The summed E-state index contributed by atoms with van der Waals surface area (Å²) < 4.78 is 11.5. The lowest BCUT2D eigenvalue weighted by Crippen LogP contribution is -2.16. The van der Waals surface area contributed by atoms with Crippen molar-refractivity contribution >= 4 is 17.4 Å². The standard InChI is InChI=1S/C16H14N4O2S/c1-2-23-16-18-15-13(19-20-16)10-6-3-4-7-11(10)17-14(22-15)12-8-5-9-21-12/h3-9,14,17H,2H2,1H3/t14-/m0/s1. The van der Waals surface area contributed by atoms with Crippen LogP contribution in [0.3, 0.4) is 0 Å². The minimum absolute atomic E-state index is 0.454. The molecule has 0 amide bonds. The number of anilines is 1. The van der Waals surface area contributed by atoms with Gasteiger partial charge < -0.3 is 14.5 Å². The van der Waals surface area contributed by atoms with Crippen LogP contribution in [0.2, 0.25) is 0 Å². The molecule has 1 aliphatic rings. The van der Waals surface area contributed by atoms with Crippen LogP contribution in [0.5, 0.6) is 5.88 Å². The molecule has 1 atom stereocenters. The fraction of sp³-hybridized carbons (Fsp3) is 0.188. The van der Waals surface area contributed by atoms with E-state index in [0.29, 0.717) is 22.5 Å².